The fourth-order valence-electron chi connectivity index (χ4n) is 1.52. The fraction of sp³-hybridized carbons (Fsp3) is 0.417. The van der Waals surface area contributed by atoms with Gasteiger partial charge in [0.15, 0.2) is 0 Å². The van der Waals surface area contributed by atoms with Crippen molar-refractivity contribution in [3.8, 4) is 6.07 Å². The van der Waals surface area contributed by atoms with Crippen LogP contribution < -0.4 is 10.2 Å². The molecule has 0 bridgehead atoms. The molecule has 80 valence electrons. The Hall–Kier alpha value is -1.69. The van der Waals surface area contributed by atoms with Gasteiger partial charge in [-0.05, 0) is 38.1 Å². The van der Waals surface area contributed by atoms with Crippen molar-refractivity contribution in [2.24, 2.45) is 0 Å². The standard InChI is InChI=1S/C12H17N3/c1-3-15(4-2)12-7-5-11(6-8-12)14-10-9-13/h5-8,14H,3-4,10H2,1-2H3. The SMILES string of the molecule is CCN(CC)c1ccc(NCC#N)cc1. The highest BCUT2D eigenvalue weighted by Gasteiger charge is 2.00. The average Bonchev–Trinajstić information content (AvgIpc) is 2.29. The molecule has 0 aromatic heterocycles. The Labute approximate surface area is 91.3 Å². The van der Waals surface area contributed by atoms with Crippen LogP contribution in [0, 0.1) is 11.3 Å². The Balaban J connectivity index is 2.67. The van der Waals surface area contributed by atoms with E-state index in [0.717, 1.165) is 18.8 Å². The zero-order chi connectivity index (χ0) is 11.1. The minimum Gasteiger partial charge on any atom is -0.372 e. The Morgan fingerprint density at radius 2 is 1.80 bits per heavy atom. The van der Waals surface area contributed by atoms with E-state index < -0.39 is 0 Å². The molecule has 0 spiro atoms. The molecule has 0 aliphatic carbocycles. The third-order valence-electron chi connectivity index (χ3n) is 2.37. The lowest BCUT2D eigenvalue weighted by Crippen LogP contribution is -2.21. The maximum absolute atomic E-state index is 8.43. The second-order valence-corrected chi connectivity index (χ2v) is 3.23. The van der Waals surface area contributed by atoms with Crippen LogP contribution in [0.25, 0.3) is 0 Å². The normalized spacial score (nSPS) is 9.40. The van der Waals surface area contributed by atoms with Gasteiger partial charge in [-0.15, -0.1) is 0 Å². The molecule has 0 heterocycles. The minimum atomic E-state index is 0.352. The number of nitrogens with one attached hydrogen (secondary N) is 1. The van der Waals surface area contributed by atoms with E-state index in [-0.39, 0.29) is 0 Å². The van der Waals surface area contributed by atoms with Crippen LogP contribution in [0.5, 0.6) is 0 Å². The van der Waals surface area contributed by atoms with E-state index in [1.54, 1.807) is 0 Å². The molecule has 0 saturated heterocycles. The third-order valence-corrected chi connectivity index (χ3v) is 2.37. The predicted molar refractivity (Wildman–Crippen MR) is 64.1 cm³/mol. The van der Waals surface area contributed by atoms with Gasteiger partial charge in [0.2, 0.25) is 0 Å². The largest absolute Gasteiger partial charge is 0.372 e. The molecular weight excluding hydrogens is 186 g/mol. The van der Waals surface area contributed by atoms with Crippen LogP contribution in [0.3, 0.4) is 0 Å². The van der Waals surface area contributed by atoms with Gasteiger partial charge in [0, 0.05) is 24.5 Å². The first-order valence-electron chi connectivity index (χ1n) is 5.27. The molecule has 3 heteroatoms. The van der Waals surface area contributed by atoms with Gasteiger partial charge in [0.1, 0.15) is 6.54 Å². The van der Waals surface area contributed by atoms with Gasteiger partial charge in [-0.2, -0.15) is 5.26 Å². The molecule has 0 fully saturated rings. The quantitative estimate of drug-likeness (QED) is 0.747. The lowest BCUT2D eigenvalue weighted by molar-refractivity contribution is 0.866. The Morgan fingerprint density at radius 1 is 1.20 bits per heavy atom. The highest BCUT2D eigenvalue weighted by atomic mass is 15.1. The fourth-order valence-corrected chi connectivity index (χ4v) is 1.52. The van der Waals surface area contributed by atoms with Crippen LogP contribution >= 0.6 is 0 Å². The summed E-state index contributed by atoms with van der Waals surface area (Å²) in [6.45, 7) is 6.67. The van der Waals surface area contributed by atoms with Gasteiger partial charge < -0.3 is 10.2 Å². The molecule has 0 unspecified atom stereocenters. The van der Waals surface area contributed by atoms with Crippen molar-refractivity contribution in [1.29, 1.82) is 5.26 Å². The molecule has 3 nitrogen and oxygen atoms in total. The number of benzene rings is 1. The van der Waals surface area contributed by atoms with Crippen LogP contribution in [-0.2, 0) is 0 Å². The van der Waals surface area contributed by atoms with Crippen molar-refractivity contribution in [2.45, 2.75) is 13.8 Å². The monoisotopic (exact) mass is 203 g/mol. The first kappa shape index (κ1) is 11.4. The van der Waals surface area contributed by atoms with Crippen molar-refractivity contribution in [2.75, 3.05) is 29.9 Å². The summed E-state index contributed by atoms with van der Waals surface area (Å²) < 4.78 is 0. The van der Waals surface area contributed by atoms with E-state index in [4.69, 9.17) is 5.26 Å². The van der Waals surface area contributed by atoms with Crippen molar-refractivity contribution < 1.29 is 0 Å². The minimum absolute atomic E-state index is 0.352. The summed E-state index contributed by atoms with van der Waals surface area (Å²) in [6, 6.07) is 10.2. The lowest BCUT2D eigenvalue weighted by atomic mass is 10.2. The van der Waals surface area contributed by atoms with Crippen molar-refractivity contribution in [3.63, 3.8) is 0 Å². The molecular formula is C12H17N3. The van der Waals surface area contributed by atoms with Crippen LogP contribution in [0.4, 0.5) is 11.4 Å². The molecule has 0 amide bonds. The maximum atomic E-state index is 8.43. The van der Waals surface area contributed by atoms with Gasteiger partial charge in [0.05, 0.1) is 6.07 Å². The molecule has 1 aromatic rings. The van der Waals surface area contributed by atoms with E-state index in [9.17, 15) is 0 Å². The second-order valence-electron chi connectivity index (χ2n) is 3.23. The molecule has 0 atom stereocenters. The summed E-state index contributed by atoms with van der Waals surface area (Å²) in [7, 11) is 0. The number of nitriles is 1. The Bertz CT molecular complexity index is 320. The molecule has 0 aliphatic rings. The van der Waals surface area contributed by atoms with Crippen molar-refractivity contribution >= 4 is 11.4 Å². The smallest absolute Gasteiger partial charge is 0.103 e. The lowest BCUT2D eigenvalue weighted by Gasteiger charge is -2.21. The third kappa shape index (κ3) is 3.17. The Morgan fingerprint density at radius 3 is 2.27 bits per heavy atom. The van der Waals surface area contributed by atoms with Crippen LogP contribution in [0.2, 0.25) is 0 Å². The maximum Gasteiger partial charge on any atom is 0.103 e. The first-order valence-corrected chi connectivity index (χ1v) is 5.27. The summed E-state index contributed by atoms with van der Waals surface area (Å²) in [5.41, 5.74) is 2.22. The van der Waals surface area contributed by atoms with Crippen LogP contribution in [-0.4, -0.2) is 19.6 Å². The highest BCUT2D eigenvalue weighted by molar-refractivity contribution is 5.55. The zero-order valence-electron chi connectivity index (χ0n) is 9.33. The van der Waals surface area contributed by atoms with E-state index in [2.05, 4.69) is 42.3 Å². The first-order chi connectivity index (χ1) is 7.31. The number of rotatable bonds is 5. The second kappa shape index (κ2) is 5.92. The molecule has 15 heavy (non-hydrogen) atoms. The molecule has 1 aromatic carbocycles. The summed E-state index contributed by atoms with van der Waals surface area (Å²) in [5.74, 6) is 0. The van der Waals surface area contributed by atoms with Gasteiger partial charge in [0.25, 0.3) is 0 Å². The van der Waals surface area contributed by atoms with Gasteiger partial charge in [-0.1, -0.05) is 0 Å². The number of hydrogen-bond donors (Lipinski definition) is 1. The van der Waals surface area contributed by atoms with Crippen LogP contribution in [0.15, 0.2) is 24.3 Å². The number of hydrogen-bond acceptors (Lipinski definition) is 3. The van der Waals surface area contributed by atoms with Crippen molar-refractivity contribution in [1.82, 2.24) is 0 Å². The van der Waals surface area contributed by atoms with E-state index in [0.29, 0.717) is 6.54 Å². The Kier molecular flexibility index (Phi) is 4.49. The van der Waals surface area contributed by atoms with Gasteiger partial charge in [-0.25, -0.2) is 0 Å². The van der Waals surface area contributed by atoms with E-state index in [1.165, 1.54) is 5.69 Å². The molecule has 0 radical (unpaired) electrons. The van der Waals surface area contributed by atoms with Crippen LogP contribution in [0.1, 0.15) is 13.8 Å². The zero-order valence-corrected chi connectivity index (χ0v) is 9.33. The summed E-state index contributed by atoms with van der Waals surface area (Å²) in [4.78, 5) is 2.29. The topological polar surface area (TPSA) is 39.1 Å². The molecule has 0 saturated carbocycles. The number of anilines is 2. The van der Waals surface area contributed by atoms with Gasteiger partial charge in [-0.3, -0.25) is 0 Å². The summed E-state index contributed by atoms with van der Waals surface area (Å²) in [5, 5.41) is 11.4. The molecule has 1 N–H and O–H groups in total. The average molecular weight is 203 g/mol. The van der Waals surface area contributed by atoms with Gasteiger partial charge >= 0.3 is 0 Å². The number of nitrogens with zero attached hydrogens (tertiary/aromatic N) is 2. The van der Waals surface area contributed by atoms with Crippen molar-refractivity contribution in [3.05, 3.63) is 24.3 Å². The predicted octanol–water partition coefficient (Wildman–Crippen LogP) is 2.47. The molecule has 0 aliphatic heterocycles. The van der Waals surface area contributed by atoms with E-state index in [1.807, 2.05) is 12.1 Å². The van der Waals surface area contributed by atoms with E-state index >= 15 is 0 Å². The summed E-state index contributed by atoms with van der Waals surface area (Å²) >= 11 is 0. The summed E-state index contributed by atoms with van der Waals surface area (Å²) in [6.07, 6.45) is 0. The highest BCUT2D eigenvalue weighted by Crippen LogP contribution is 2.17. The molecule has 1 rings (SSSR count).